The van der Waals surface area contributed by atoms with Crippen molar-refractivity contribution in [2.45, 2.75) is 39.7 Å². The van der Waals surface area contributed by atoms with E-state index in [4.69, 9.17) is 18.6 Å². The highest BCUT2D eigenvalue weighted by Gasteiger charge is 2.35. The number of aromatic nitrogens is 1. The zero-order valence-electron chi connectivity index (χ0n) is 22.9. The number of fused-ring (bicyclic) bond motifs is 1. The lowest BCUT2D eigenvalue weighted by Crippen LogP contribution is -2.40. The molecule has 2 aromatic heterocycles. The number of esters is 1. The van der Waals surface area contributed by atoms with E-state index < -0.39 is 12.0 Å². The average molecular weight is 552 g/mol. The summed E-state index contributed by atoms with van der Waals surface area (Å²) < 4.78 is 24.6. The van der Waals surface area contributed by atoms with E-state index in [9.17, 15) is 9.59 Å². The van der Waals surface area contributed by atoms with Crippen molar-refractivity contribution in [2.75, 3.05) is 38.8 Å². The molecule has 1 atom stereocenters. The Hall–Kier alpha value is -3.79. The maximum Gasteiger partial charge on any atom is 0.338 e. The Bertz CT molecular complexity index is 1590. The summed E-state index contributed by atoms with van der Waals surface area (Å²) in [6.45, 7) is 7.86. The number of anilines is 1. The molecule has 2 aliphatic heterocycles. The molecule has 0 radical (unpaired) electrons. The minimum absolute atomic E-state index is 0.193. The average Bonchev–Trinajstić information content (AvgIpc) is 3.52. The van der Waals surface area contributed by atoms with Crippen LogP contribution in [0.1, 0.15) is 51.0 Å². The number of furan rings is 1. The van der Waals surface area contributed by atoms with Crippen LogP contribution in [-0.4, -0.2) is 44.5 Å². The van der Waals surface area contributed by atoms with Crippen LogP contribution in [0.25, 0.3) is 6.08 Å². The quantitative estimate of drug-likeness (QED) is 0.414. The van der Waals surface area contributed by atoms with Gasteiger partial charge in [-0.05, 0) is 56.9 Å². The normalized spacial score (nSPS) is 18.1. The zero-order valence-corrected chi connectivity index (χ0v) is 23.7. The number of thiazole rings is 1. The van der Waals surface area contributed by atoms with Gasteiger partial charge >= 0.3 is 5.97 Å². The fourth-order valence-corrected chi connectivity index (χ4v) is 6.11. The smallest absolute Gasteiger partial charge is 0.338 e. The fourth-order valence-electron chi connectivity index (χ4n) is 5.09. The highest BCUT2D eigenvalue weighted by Crippen LogP contribution is 2.37. The Morgan fingerprint density at radius 3 is 2.64 bits per heavy atom. The molecule has 39 heavy (non-hydrogen) atoms. The molecule has 5 rings (SSSR count). The monoisotopic (exact) mass is 551 g/mol. The summed E-state index contributed by atoms with van der Waals surface area (Å²) in [5.74, 6) is 2.66. The molecule has 0 unspecified atom stereocenters. The van der Waals surface area contributed by atoms with Crippen LogP contribution in [0.5, 0.6) is 11.5 Å². The van der Waals surface area contributed by atoms with E-state index in [1.165, 1.54) is 15.9 Å². The summed E-state index contributed by atoms with van der Waals surface area (Å²) in [4.78, 5) is 34.5. The van der Waals surface area contributed by atoms with Gasteiger partial charge in [-0.3, -0.25) is 9.36 Å². The number of piperidine rings is 1. The lowest BCUT2D eigenvalue weighted by molar-refractivity contribution is -0.139. The maximum absolute atomic E-state index is 13.9. The van der Waals surface area contributed by atoms with Gasteiger partial charge in [0.15, 0.2) is 10.7 Å². The first-order valence-electron chi connectivity index (χ1n) is 13.1. The summed E-state index contributed by atoms with van der Waals surface area (Å²) >= 11 is 1.25. The van der Waals surface area contributed by atoms with Crippen LogP contribution in [0.15, 0.2) is 55.8 Å². The number of ether oxygens (including phenoxy) is 3. The first-order valence-corrected chi connectivity index (χ1v) is 13.9. The van der Waals surface area contributed by atoms with Crippen molar-refractivity contribution in [3.05, 3.63) is 72.6 Å². The summed E-state index contributed by atoms with van der Waals surface area (Å²) in [5.41, 5.74) is 1.08. The van der Waals surface area contributed by atoms with Gasteiger partial charge in [-0.25, -0.2) is 9.79 Å². The lowest BCUT2D eigenvalue weighted by atomic mass is 9.95. The van der Waals surface area contributed by atoms with E-state index in [1.807, 2.05) is 12.1 Å². The van der Waals surface area contributed by atoms with Gasteiger partial charge in [0, 0.05) is 30.8 Å². The Morgan fingerprint density at radius 2 is 1.95 bits per heavy atom. The topological polar surface area (TPSA) is 95.5 Å². The van der Waals surface area contributed by atoms with Crippen LogP contribution in [0.2, 0.25) is 0 Å². The van der Waals surface area contributed by atoms with E-state index in [1.54, 1.807) is 52.3 Å². The van der Waals surface area contributed by atoms with Gasteiger partial charge in [0.1, 0.15) is 23.3 Å². The van der Waals surface area contributed by atoms with Gasteiger partial charge in [-0.15, -0.1) is 0 Å². The minimum Gasteiger partial charge on any atom is -0.497 e. The van der Waals surface area contributed by atoms with Gasteiger partial charge in [0.2, 0.25) is 0 Å². The lowest BCUT2D eigenvalue weighted by Gasteiger charge is -2.29. The highest BCUT2D eigenvalue weighted by atomic mass is 32.1. The standard InChI is InChI=1S/C29H33N3O6S/c1-6-37-28(34)25-18(3)30-29-32(26(25)21-15-19(35-4)7-9-22(21)36-5)27(33)23(39-29)16-20-8-10-24(38-20)31-13-11-17(2)12-14-31/h7-10,15-17,26H,6,11-14H2,1-5H3/b23-16+/t26-/m0/s1. The number of allylic oxidation sites excluding steroid dienone is 1. The van der Waals surface area contributed by atoms with Crippen LogP contribution in [-0.2, 0) is 9.53 Å². The zero-order chi connectivity index (χ0) is 27.7. The van der Waals surface area contributed by atoms with Crippen molar-refractivity contribution in [1.82, 2.24) is 4.57 Å². The molecular formula is C29H33N3O6S. The van der Waals surface area contributed by atoms with Gasteiger partial charge in [0.25, 0.3) is 5.56 Å². The number of hydrogen-bond donors (Lipinski definition) is 0. The molecule has 1 fully saturated rings. The number of benzene rings is 1. The van der Waals surface area contributed by atoms with Gasteiger partial charge in [-0.1, -0.05) is 18.3 Å². The van der Waals surface area contributed by atoms with Gasteiger partial charge in [-0.2, -0.15) is 0 Å². The number of hydrogen-bond acceptors (Lipinski definition) is 9. The Labute approximate surface area is 230 Å². The number of carbonyl (C=O) groups excluding carboxylic acids is 1. The maximum atomic E-state index is 13.9. The molecule has 0 aliphatic carbocycles. The van der Waals surface area contributed by atoms with E-state index >= 15 is 0 Å². The number of nitrogens with zero attached hydrogens (tertiary/aromatic N) is 3. The number of carbonyl (C=O) groups is 1. The predicted molar refractivity (Wildman–Crippen MR) is 149 cm³/mol. The van der Waals surface area contributed by atoms with Gasteiger partial charge in [0.05, 0.1) is 36.6 Å². The molecule has 0 bridgehead atoms. The highest BCUT2D eigenvalue weighted by molar-refractivity contribution is 7.07. The van der Waals surface area contributed by atoms with Crippen molar-refractivity contribution in [2.24, 2.45) is 10.9 Å². The van der Waals surface area contributed by atoms with Crippen molar-refractivity contribution in [3.63, 3.8) is 0 Å². The van der Waals surface area contributed by atoms with Crippen LogP contribution in [0.3, 0.4) is 0 Å². The molecule has 0 saturated carbocycles. The summed E-state index contributed by atoms with van der Waals surface area (Å²) in [7, 11) is 3.11. The largest absolute Gasteiger partial charge is 0.497 e. The van der Waals surface area contributed by atoms with Crippen molar-refractivity contribution in [1.29, 1.82) is 0 Å². The van der Waals surface area contributed by atoms with E-state index in [2.05, 4.69) is 16.8 Å². The van der Waals surface area contributed by atoms with Crippen LogP contribution >= 0.6 is 11.3 Å². The number of rotatable bonds is 7. The molecule has 9 nitrogen and oxygen atoms in total. The second-order valence-electron chi connectivity index (χ2n) is 9.76. The minimum atomic E-state index is -0.810. The van der Waals surface area contributed by atoms with E-state index in [-0.39, 0.29) is 17.7 Å². The van der Waals surface area contributed by atoms with Crippen molar-refractivity contribution >= 4 is 29.3 Å². The van der Waals surface area contributed by atoms with Crippen molar-refractivity contribution in [3.8, 4) is 11.5 Å². The number of methoxy groups -OCH3 is 2. The first kappa shape index (κ1) is 26.8. The Morgan fingerprint density at radius 1 is 1.18 bits per heavy atom. The van der Waals surface area contributed by atoms with Crippen LogP contribution < -0.4 is 29.3 Å². The predicted octanol–water partition coefficient (Wildman–Crippen LogP) is 3.64. The van der Waals surface area contributed by atoms with Crippen molar-refractivity contribution < 1.29 is 23.4 Å². The second kappa shape index (κ2) is 11.1. The molecule has 1 saturated heterocycles. The van der Waals surface area contributed by atoms with Crippen LogP contribution in [0, 0.1) is 5.92 Å². The molecule has 4 heterocycles. The first-order chi connectivity index (χ1) is 18.8. The SMILES string of the molecule is CCOC(=O)C1=C(C)N=c2s/c(=C/c3ccc(N4CCC(C)CC4)o3)c(=O)n2[C@H]1c1cc(OC)ccc1OC. The van der Waals surface area contributed by atoms with Crippen LogP contribution in [0.4, 0.5) is 5.88 Å². The third-order valence-electron chi connectivity index (χ3n) is 7.23. The molecule has 1 aromatic carbocycles. The second-order valence-corrected chi connectivity index (χ2v) is 10.8. The summed E-state index contributed by atoms with van der Waals surface area (Å²) in [6, 6.07) is 8.32. The Kier molecular flexibility index (Phi) is 7.65. The molecular weight excluding hydrogens is 518 g/mol. The third kappa shape index (κ3) is 5.13. The van der Waals surface area contributed by atoms with E-state index in [0.717, 1.165) is 37.7 Å². The molecule has 10 heteroatoms. The molecule has 0 spiro atoms. The molecule has 206 valence electrons. The van der Waals surface area contributed by atoms with E-state index in [0.29, 0.717) is 37.9 Å². The molecule has 0 amide bonds. The Balaban J connectivity index is 1.63. The fraction of sp³-hybridized carbons (Fsp3) is 0.414. The third-order valence-corrected chi connectivity index (χ3v) is 8.21. The summed E-state index contributed by atoms with van der Waals surface area (Å²) in [6.07, 6.45) is 4.00. The molecule has 3 aromatic rings. The summed E-state index contributed by atoms with van der Waals surface area (Å²) in [5, 5.41) is 0. The molecule has 0 N–H and O–H groups in total. The molecule has 2 aliphatic rings. The van der Waals surface area contributed by atoms with Gasteiger partial charge < -0.3 is 23.5 Å².